The van der Waals surface area contributed by atoms with Crippen molar-refractivity contribution in [2.75, 3.05) is 26.7 Å². The van der Waals surface area contributed by atoms with Gasteiger partial charge in [-0.15, -0.1) is 0 Å². The van der Waals surface area contributed by atoms with Crippen LogP contribution in [0.2, 0.25) is 0 Å². The molecule has 7 nitrogen and oxygen atoms in total. The van der Waals surface area contributed by atoms with Gasteiger partial charge < -0.3 is 10.2 Å². The third-order valence-electron chi connectivity index (χ3n) is 8.54. The molecule has 3 aliphatic heterocycles. The number of nitrogens with zero attached hydrogens (tertiary/aromatic N) is 3. The molecule has 3 unspecified atom stereocenters. The minimum Gasteiger partial charge on any atom is -0.349 e. The number of benzene rings is 1. The summed E-state index contributed by atoms with van der Waals surface area (Å²) in [6.45, 7) is 6.64. The van der Waals surface area contributed by atoms with Crippen LogP contribution in [-0.2, 0) is 4.79 Å². The van der Waals surface area contributed by atoms with E-state index in [0.29, 0.717) is 36.7 Å². The molecule has 0 aliphatic carbocycles. The molecular formula is C29H44F2N6O. The Morgan fingerprint density at radius 2 is 1.79 bits per heavy atom. The number of alkyl halides is 2. The van der Waals surface area contributed by atoms with Crippen molar-refractivity contribution in [2.45, 2.75) is 89.4 Å². The number of fused-ring (bicyclic) bond motifs is 2. The van der Waals surface area contributed by atoms with Crippen LogP contribution >= 0.6 is 0 Å². The molecule has 5 atom stereocenters. The van der Waals surface area contributed by atoms with Crippen LogP contribution in [0.4, 0.5) is 8.78 Å². The summed E-state index contributed by atoms with van der Waals surface area (Å²) in [5, 5.41) is 20.0. The van der Waals surface area contributed by atoms with E-state index < -0.39 is 18.3 Å². The molecule has 0 radical (unpaired) electrons. The van der Waals surface area contributed by atoms with E-state index in [1.807, 2.05) is 49.1 Å². The van der Waals surface area contributed by atoms with Crippen LogP contribution in [0.3, 0.4) is 0 Å². The molecule has 210 valence electrons. The molecule has 0 aromatic heterocycles. The second-order valence-electron chi connectivity index (χ2n) is 12.0. The first-order valence-corrected chi connectivity index (χ1v) is 14.1. The Kier molecular flexibility index (Phi) is 8.87. The zero-order valence-corrected chi connectivity index (χ0v) is 23.2. The summed E-state index contributed by atoms with van der Waals surface area (Å²) in [5.41, 5.74) is 0.995. The van der Waals surface area contributed by atoms with Crippen molar-refractivity contribution in [2.24, 2.45) is 11.8 Å². The van der Waals surface area contributed by atoms with Crippen LogP contribution in [0.1, 0.15) is 70.9 Å². The summed E-state index contributed by atoms with van der Waals surface area (Å²) in [6.07, 6.45) is 4.36. The number of rotatable bonds is 8. The van der Waals surface area contributed by atoms with Crippen LogP contribution in [-0.4, -0.2) is 83.0 Å². The van der Waals surface area contributed by atoms with Gasteiger partial charge in [-0.3, -0.25) is 25.4 Å². The Bertz CT molecular complexity index is 988. The third-order valence-corrected chi connectivity index (χ3v) is 8.54. The Labute approximate surface area is 226 Å². The summed E-state index contributed by atoms with van der Waals surface area (Å²) in [6, 6.07) is 10.5. The van der Waals surface area contributed by atoms with Gasteiger partial charge in [0.15, 0.2) is 0 Å². The summed E-state index contributed by atoms with van der Waals surface area (Å²) in [7, 11) is 1.64. The SMILES string of the molecule is CC(=N)N(C(=N)C(C)C)C1CC2CC[C@@H](C1)N2CC[C@H](NC(=O)C1CN(C)CC(F)(F)C1)c1ccccc1. The Morgan fingerprint density at radius 1 is 1.16 bits per heavy atom. The number of hydrogen-bond donors (Lipinski definition) is 3. The van der Waals surface area contributed by atoms with Crippen molar-refractivity contribution in [3.05, 3.63) is 35.9 Å². The molecule has 1 aromatic rings. The van der Waals surface area contributed by atoms with Crippen LogP contribution in [0, 0.1) is 22.7 Å². The van der Waals surface area contributed by atoms with Gasteiger partial charge in [0.25, 0.3) is 5.92 Å². The first-order valence-electron chi connectivity index (χ1n) is 14.1. The molecule has 3 N–H and O–H groups in total. The number of piperidine rings is 2. The molecule has 3 saturated heterocycles. The van der Waals surface area contributed by atoms with Crippen LogP contribution in [0.15, 0.2) is 30.3 Å². The molecule has 9 heteroatoms. The lowest BCUT2D eigenvalue weighted by Gasteiger charge is -2.44. The maximum atomic E-state index is 14.2. The summed E-state index contributed by atoms with van der Waals surface area (Å²) < 4.78 is 28.4. The number of carbonyl (C=O) groups is 1. The van der Waals surface area contributed by atoms with Crippen molar-refractivity contribution in [1.82, 2.24) is 20.0 Å². The smallest absolute Gasteiger partial charge is 0.261 e. The first kappa shape index (κ1) is 28.6. The molecule has 38 heavy (non-hydrogen) atoms. The highest BCUT2D eigenvalue weighted by atomic mass is 19.3. The zero-order valence-electron chi connectivity index (χ0n) is 23.2. The normalized spacial score (nSPS) is 28.2. The number of carbonyl (C=O) groups excluding carboxylic acids is 1. The van der Waals surface area contributed by atoms with Crippen LogP contribution in [0.5, 0.6) is 0 Å². The number of halogens is 2. The second kappa shape index (κ2) is 11.8. The first-order chi connectivity index (χ1) is 17.9. The van der Waals surface area contributed by atoms with E-state index in [2.05, 4.69) is 10.2 Å². The van der Waals surface area contributed by atoms with Crippen molar-refractivity contribution in [1.29, 1.82) is 10.8 Å². The molecule has 3 fully saturated rings. The predicted octanol–water partition coefficient (Wildman–Crippen LogP) is 4.75. The molecule has 3 aliphatic rings. The maximum Gasteiger partial charge on any atom is 0.261 e. The number of amides is 1. The summed E-state index contributed by atoms with van der Waals surface area (Å²) >= 11 is 0. The van der Waals surface area contributed by atoms with Crippen LogP contribution in [0.25, 0.3) is 0 Å². The molecule has 1 aromatic carbocycles. The number of hydrogen-bond acceptors (Lipinski definition) is 5. The van der Waals surface area contributed by atoms with Gasteiger partial charge in [0.1, 0.15) is 5.84 Å². The van der Waals surface area contributed by atoms with Crippen molar-refractivity contribution in [3.63, 3.8) is 0 Å². The van der Waals surface area contributed by atoms with Crippen molar-refractivity contribution < 1.29 is 13.6 Å². The lowest BCUT2D eigenvalue weighted by Crippen LogP contribution is -2.54. The molecule has 2 bridgehead atoms. The quantitative estimate of drug-likeness (QED) is 0.335. The summed E-state index contributed by atoms with van der Waals surface area (Å²) in [5.74, 6) is -2.85. The lowest BCUT2D eigenvalue weighted by atomic mass is 9.92. The van der Waals surface area contributed by atoms with E-state index in [9.17, 15) is 13.6 Å². The fourth-order valence-corrected chi connectivity index (χ4v) is 6.83. The average molecular weight is 531 g/mol. The Morgan fingerprint density at radius 3 is 2.34 bits per heavy atom. The van der Waals surface area contributed by atoms with Gasteiger partial charge in [-0.1, -0.05) is 44.2 Å². The van der Waals surface area contributed by atoms with Gasteiger partial charge in [0.2, 0.25) is 5.91 Å². The highest BCUT2D eigenvalue weighted by Crippen LogP contribution is 2.39. The van der Waals surface area contributed by atoms with Gasteiger partial charge in [0, 0.05) is 43.6 Å². The molecule has 0 saturated carbocycles. The highest BCUT2D eigenvalue weighted by Gasteiger charge is 2.44. The number of likely N-dealkylation sites (tertiary alicyclic amines) is 1. The van der Waals surface area contributed by atoms with E-state index in [4.69, 9.17) is 10.8 Å². The maximum absolute atomic E-state index is 14.2. The predicted molar refractivity (Wildman–Crippen MR) is 147 cm³/mol. The molecular weight excluding hydrogens is 486 g/mol. The van der Waals surface area contributed by atoms with Crippen molar-refractivity contribution in [3.8, 4) is 0 Å². The van der Waals surface area contributed by atoms with Gasteiger partial charge in [-0.2, -0.15) is 0 Å². The molecule has 0 spiro atoms. The highest BCUT2D eigenvalue weighted by molar-refractivity contribution is 5.98. The standard InChI is InChI=1S/C29H44F2N6O/c1-19(2)27(33)37(20(3)32)25-14-23-10-11-24(15-25)36(23)13-12-26(21-8-6-5-7-9-21)34-28(38)22-16-29(30,31)18-35(4)17-22/h5-9,19,22-26,32-33H,10-18H2,1-4H3,(H,34,38)/t22?,23-,24?,25?,26-/m0/s1. The third kappa shape index (κ3) is 6.60. The topological polar surface area (TPSA) is 86.5 Å². The van der Waals surface area contributed by atoms with Gasteiger partial charge >= 0.3 is 0 Å². The van der Waals surface area contributed by atoms with E-state index in [1.54, 1.807) is 18.9 Å². The van der Waals surface area contributed by atoms with Crippen LogP contribution < -0.4 is 5.32 Å². The fraction of sp³-hybridized carbons (Fsp3) is 0.690. The van der Waals surface area contributed by atoms with Gasteiger partial charge in [0.05, 0.1) is 24.3 Å². The molecule has 3 heterocycles. The summed E-state index contributed by atoms with van der Waals surface area (Å²) in [4.78, 5) is 19.2. The van der Waals surface area contributed by atoms with Gasteiger partial charge in [-0.05, 0) is 51.6 Å². The largest absolute Gasteiger partial charge is 0.349 e. The van der Waals surface area contributed by atoms with E-state index >= 15 is 0 Å². The molecule has 1 amide bonds. The monoisotopic (exact) mass is 530 g/mol. The van der Waals surface area contributed by atoms with E-state index in [1.165, 1.54) is 0 Å². The average Bonchev–Trinajstić information content (AvgIpc) is 3.07. The van der Waals surface area contributed by atoms with Crippen molar-refractivity contribution >= 4 is 17.6 Å². The Hall–Kier alpha value is -2.39. The second-order valence-corrected chi connectivity index (χ2v) is 12.0. The van der Waals surface area contributed by atoms with Gasteiger partial charge in [-0.25, -0.2) is 8.78 Å². The minimum absolute atomic E-state index is 0.0742. The minimum atomic E-state index is -2.85. The zero-order chi connectivity index (χ0) is 27.6. The number of nitrogens with one attached hydrogen (secondary N) is 3. The fourth-order valence-electron chi connectivity index (χ4n) is 6.83. The lowest BCUT2D eigenvalue weighted by molar-refractivity contribution is -0.136. The number of amidine groups is 2. The Balaban J connectivity index is 1.42. The van der Waals surface area contributed by atoms with E-state index in [0.717, 1.165) is 37.8 Å². The van der Waals surface area contributed by atoms with E-state index in [-0.39, 0.29) is 30.5 Å². The molecule has 4 rings (SSSR count).